The third kappa shape index (κ3) is 3.25. The first kappa shape index (κ1) is 7.65. The minimum absolute atomic E-state index is 0.152. The van der Waals surface area contributed by atoms with E-state index in [-0.39, 0.29) is 8.94 Å². The van der Waals surface area contributed by atoms with E-state index in [9.17, 15) is 5.78 Å². The average Bonchev–Trinajstić information content (AvgIpc) is 1.68. The van der Waals surface area contributed by atoms with Crippen molar-refractivity contribution in [1.29, 1.82) is 0 Å². The Morgan fingerprint density at radius 3 is 1.43 bits per heavy atom. The van der Waals surface area contributed by atoms with Crippen molar-refractivity contribution in [2.45, 2.75) is 22.8 Å². The van der Waals surface area contributed by atoms with Gasteiger partial charge in [-0.25, -0.2) is 0 Å². The molecule has 46 valence electrons. The van der Waals surface area contributed by atoms with Gasteiger partial charge < -0.3 is 0 Å². The van der Waals surface area contributed by atoms with Crippen molar-refractivity contribution >= 4 is 19.3 Å². The standard InChI is InChI=1S/C4H10F2Te/c1-3-7(5,6)4-2/h3-4H2,1-2H3. The normalized spacial score (nSPS) is 14.3. The molecule has 0 bridgehead atoms. The van der Waals surface area contributed by atoms with E-state index in [1.165, 1.54) is 0 Å². The molecular formula is C4H10F2Te. The quantitative estimate of drug-likeness (QED) is 0.631. The Labute approximate surface area is 48.3 Å². The average molecular weight is 224 g/mol. The Morgan fingerprint density at radius 1 is 1.14 bits per heavy atom. The second-order valence-electron chi connectivity index (χ2n) is 1.28. The van der Waals surface area contributed by atoms with E-state index in [1.807, 2.05) is 0 Å². The predicted molar refractivity (Wildman–Crippen MR) is 28.9 cm³/mol. The molecule has 0 aromatic heterocycles. The fourth-order valence-corrected chi connectivity index (χ4v) is 1.37. The number of rotatable bonds is 2. The van der Waals surface area contributed by atoms with Gasteiger partial charge in [-0.2, -0.15) is 0 Å². The van der Waals surface area contributed by atoms with Gasteiger partial charge in [0.1, 0.15) is 0 Å². The van der Waals surface area contributed by atoms with Crippen LogP contribution in [0.5, 0.6) is 0 Å². The fourth-order valence-electron chi connectivity index (χ4n) is 0.204. The molecule has 3 heteroatoms. The van der Waals surface area contributed by atoms with Crippen LogP contribution >= 0.6 is 0 Å². The molecule has 7 heavy (non-hydrogen) atoms. The van der Waals surface area contributed by atoms with E-state index in [1.54, 1.807) is 13.8 Å². The molecule has 0 rings (SSSR count). The van der Waals surface area contributed by atoms with Crippen LogP contribution in [-0.2, 0) is 0 Å². The Kier molecular flexibility index (Phi) is 3.10. The Morgan fingerprint density at radius 2 is 1.43 bits per heavy atom. The zero-order valence-electron chi connectivity index (χ0n) is 4.58. The third-order valence-electron chi connectivity index (χ3n) is 0.845. The van der Waals surface area contributed by atoms with Gasteiger partial charge in [0.25, 0.3) is 0 Å². The van der Waals surface area contributed by atoms with E-state index < -0.39 is 19.3 Å². The summed E-state index contributed by atoms with van der Waals surface area (Å²) in [4.78, 5) is 0. The molecule has 0 amide bonds. The second kappa shape index (κ2) is 2.84. The third-order valence-corrected chi connectivity index (χ3v) is 5.67. The van der Waals surface area contributed by atoms with Crippen molar-refractivity contribution in [1.82, 2.24) is 0 Å². The Hall–Kier alpha value is 0.650. The molecule has 0 heterocycles. The van der Waals surface area contributed by atoms with Gasteiger partial charge in [-0.1, -0.05) is 0 Å². The molecular weight excluding hydrogens is 214 g/mol. The molecule has 0 aromatic rings. The summed E-state index contributed by atoms with van der Waals surface area (Å²) < 4.78 is 24.4. The summed E-state index contributed by atoms with van der Waals surface area (Å²) in [6, 6.07) is 0. The summed E-state index contributed by atoms with van der Waals surface area (Å²) in [6.45, 7) is 3.15. The topological polar surface area (TPSA) is 0 Å². The maximum absolute atomic E-state index is 12.1. The molecule has 0 fully saturated rings. The first-order chi connectivity index (χ1) is 3.12. The van der Waals surface area contributed by atoms with Crippen LogP contribution in [0.1, 0.15) is 13.8 Å². The first-order valence-corrected chi connectivity index (χ1v) is 7.36. The molecule has 0 N–H and O–H groups in total. The first-order valence-electron chi connectivity index (χ1n) is 2.30. The number of hydrogen-bond donors (Lipinski definition) is 0. The summed E-state index contributed by atoms with van der Waals surface area (Å²) in [5.41, 5.74) is 0. The van der Waals surface area contributed by atoms with Crippen LogP contribution in [-0.4, -0.2) is 19.3 Å². The zero-order valence-corrected chi connectivity index (χ0v) is 6.91. The summed E-state index contributed by atoms with van der Waals surface area (Å²) >= 11 is -4.11. The van der Waals surface area contributed by atoms with Crippen LogP contribution in [0.15, 0.2) is 0 Å². The number of hydrogen-bond acceptors (Lipinski definition) is 0. The van der Waals surface area contributed by atoms with Crippen LogP contribution in [0.3, 0.4) is 0 Å². The van der Waals surface area contributed by atoms with Crippen LogP contribution in [0.25, 0.3) is 0 Å². The van der Waals surface area contributed by atoms with Crippen molar-refractivity contribution in [2.75, 3.05) is 0 Å². The van der Waals surface area contributed by atoms with Crippen LogP contribution in [0.4, 0.5) is 5.78 Å². The van der Waals surface area contributed by atoms with Gasteiger partial charge in [0.05, 0.1) is 0 Å². The molecule has 0 spiro atoms. The summed E-state index contributed by atoms with van der Waals surface area (Å²) in [5, 5.41) is 0. The van der Waals surface area contributed by atoms with Gasteiger partial charge in [-0.05, 0) is 0 Å². The van der Waals surface area contributed by atoms with E-state index in [2.05, 4.69) is 0 Å². The van der Waals surface area contributed by atoms with Crippen molar-refractivity contribution < 1.29 is 5.78 Å². The van der Waals surface area contributed by atoms with E-state index in [0.717, 1.165) is 0 Å². The number of halogens is 2. The van der Waals surface area contributed by atoms with Gasteiger partial charge in [0.2, 0.25) is 0 Å². The molecule has 0 aliphatic carbocycles. The van der Waals surface area contributed by atoms with Gasteiger partial charge in [0, 0.05) is 0 Å². The van der Waals surface area contributed by atoms with Crippen molar-refractivity contribution in [3.8, 4) is 0 Å². The van der Waals surface area contributed by atoms with Gasteiger partial charge in [-0.15, -0.1) is 0 Å². The van der Waals surface area contributed by atoms with E-state index in [0.29, 0.717) is 0 Å². The Balaban J connectivity index is 3.36. The minimum atomic E-state index is -4.11. The van der Waals surface area contributed by atoms with Crippen LogP contribution < -0.4 is 0 Å². The molecule has 0 aliphatic rings. The monoisotopic (exact) mass is 226 g/mol. The van der Waals surface area contributed by atoms with Crippen LogP contribution in [0, 0.1) is 0 Å². The van der Waals surface area contributed by atoms with Crippen molar-refractivity contribution in [3.05, 3.63) is 0 Å². The molecule has 0 unspecified atom stereocenters. The second-order valence-corrected chi connectivity index (χ2v) is 8.56. The van der Waals surface area contributed by atoms with Gasteiger partial charge in [0.15, 0.2) is 0 Å². The van der Waals surface area contributed by atoms with Gasteiger partial charge >= 0.3 is 47.9 Å². The fraction of sp³-hybridized carbons (Fsp3) is 1.00. The van der Waals surface area contributed by atoms with Crippen molar-refractivity contribution in [2.24, 2.45) is 0 Å². The van der Waals surface area contributed by atoms with E-state index >= 15 is 0 Å². The SMILES string of the molecule is CC[Te](F)(F)CC. The Bertz CT molecular complexity index is 47.7. The van der Waals surface area contributed by atoms with Gasteiger partial charge in [-0.3, -0.25) is 0 Å². The molecule has 0 aliphatic heterocycles. The molecule has 0 saturated carbocycles. The molecule has 0 saturated heterocycles. The molecule has 0 radical (unpaired) electrons. The predicted octanol–water partition coefficient (Wildman–Crippen LogP) is 2.41. The summed E-state index contributed by atoms with van der Waals surface area (Å²) in [6.07, 6.45) is 0. The molecule has 0 aromatic carbocycles. The molecule has 0 atom stereocenters. The van der Waals surface area contributed by atoms with Crippen molar-refractivity contribution in [3.63, 3.8) is 0 Å². The molecule has 0 nitrogen and oxygen atoms in total. The summed E-state index contributed by atoms with van der Waals surface area (Å²) in [5.74, 6) is 0. The zero-order chi connectivity index (χ0) is 5.91. The van der Waals surface area contributed by atoms with E-state index in [4.69, 9.17) is 0 Å². The summed E-state index contributed by atoms with van der Waals surface area (Å²) in [7, 11) is 0. The van der Waals surface area contributed by atoms with Crippen LogP contribution in [0.2, 0.25) is 8.94 Å². The maximum atomic E-state index is 12.1.